The van der Waals surface area contributed by atoms with Crippen molar-refractivity contribution in [1.82, 2.24) is 9.80 Å². The van der Waals surface area contributed by atoms with Crippen LogP contribution in [0.25, 0.3) is 0 Å². The highest BCUT2D eigenvalue weighted by Crippen LogP contribution is 2.50. The fraction of sp³-hybridized carbons (Fsp3) is 0.562. The lowest BCUT2D eigenvalue weighted by Crippen LogP contribution is -2.50. The number of alkyl halides is 2. The molecule has 120 valence electrons. The largest absolute Gasteiger partial charge is 0.336 e. The summed E-state index contributed by atoms with van der Waals surface area (Å²) in [5, 5.41) is 0. The zero-order chi connectivity index (χ0) is 15.7. The van der Waals surface area contributed by atoms with Crippen molar-refractivity contribution in [3.05, 3.63) is 35.6 Å². The van der Waals surface area contributed by atoms with Crippen LogP contribution in [0, 0.1) is 11.7 Å². The van der Waals surface area contributed by atoms with E-state index in [1.54, 1.807) is 17.0 Å². The molecule has 2 fully saturated rings. The van der Waals surface area contributed by atoms with Crippen LogP contribution in [-0.4, -0.2) is 47.8 Å². The smallest absolute Gasteiger partial charge is 0.251 e. The van der Waals surface area contributed by atoms with Crippen molar-refractivity contribution in [3.63, 3.8) is 0 Å². The lowest BCUT2D eigenvalue weighted by molar-refractivity contribution is -0.136. The number of nitrogens with zero attached hydrogens (tertiary/aromatic N) is 2. The third kappa shape index (κ3) is 3.61. The second-order valence-corrected chi connectivity index (χ2v) is 6.17. The minimum atomic E-state index is -2.48. The number of benzene rings is 1. The van der Waals surface area contributed by atoms with Crippen molar-refractivity contribution in [2.45, 2.75) is 25.3 Å². The van der Waals surface area contributed by atoms with E-state index in [0.717, 1.165) is 5.56 Å². The first kappa shape index (κ1) is 15.3. The fourth-order valence-electron chi connectivity index (χ4n) is 2.85. The first-order valence-corrected chi connectivity index (χ1v) is 7.56. The van der Waals surface area contributed by atoms with E-state index < -0.39 is 11.8 Å². The van der Waals surface area contributed by atoms with Gasteiger partial charge in [-0.3, -0.25) is 9.69 Å². The maximum atomic E-state index is 12.9. The van der Waals surface area contributed by atoms with Crippen LogP contribution in [0.2, 0.25) is 0 Å². The Balaban J connectivity index is 1.45. The van der Waals surface area contributed by atoms with Crippen molar-refractivity contribution in [2.24, 2.45) is 5.92 Å². The molecule has 1 aliphatic heterocycles. The minimum Gasteiger partial charge on any atom is -0.336 e. The molecule has 1 aliphatic carbocycles. The number of amides is 1. The number of piperazine rings is 1. The van der Waals surface area contributed by atoms with E-state index >= 15 is 0 Å². The standard InChI is InChI=1S/C16H19F3N2O/c17-14-3-1-12(2-4-14)10-21-8-7-20(11-15(21)22)6-5-13-9-16(13,18)19/h1-4,13H,5-11H2/t13-/m1/s1. The molecule has 1 aromatic carbocycles. The lowest BCUT2D eigenvalue weighted by atomic mass is 10.2. The number of halogens is 3. The van der Waals surface area contributed by atoms with Gasteiger partial charge in [0.25, 0.3) is 5.92 Å². The number of carbonyl (C=O) groups is 1. The topological polar surface area (TPSA) is 23.6 Å². The summed E-state index contributed by atoms with van der Waals surface area (Å²) in [4.78, 5) is 15.8. The van der Waals surface area contributed by atoms with E-state index in [1.165, 1.54) is 12.1 Å². The molecule has 0 bridgehead atoms. The van der Waals surface area contributed by atoms with E-state index in [9.17, 15) is 18.0 Å². The quantitative estimate of drug-likeness (QED) is 0.834. The minimum absolute atomic E-state index is 0.00173. The average Bonchev–Trinajstić information content (AvgIpc) is 3.09. The van der Waals surface area contributed by atoms with Gasteiger partial charge in [0.15, 0.2) is 0 Å². The highest BCUT2D eigenvalue weighted by atomic mass is 19.3. The van der Waals surface area contributed by atoms with E-state index in [1.807, 2.05) is 4.90 Å². The fourth-order valence-corrected chi connectivity index (χ4v) is 2.85. The second-order valence-electron chi connectivity index (χ2n) is 6.17. The monoisotopic (exact) mass is 312 g/mol. The molecule has 1 saturated carbocycles. The predicted octanol–water partition coefficient (Wildman–Crippen LogP) is 2.52. The molecule has 3 rings (SSSR count). The van der Waals surface area contributed by atoms with Gasteiger partial charge in [0.05, 0.1) is 6.54 Å². The van der Waals surface area contributed by atoms with E-state index in [-0.39, 0.29) is 24.7 Å². The average molecular weight is 312 g/mol. The normalized spacial score (nSPS) is 24.6. The van der Waals surface area contributed by atoms with Gasteiger partial charge >= 0.3 is 0 Å². The summed E-state index contributed by atoms with van der Waals surface area (Å²) in [6.07, 6.45) is 0.448. The van der Waals surface area contributed by atoms with Crippen LogP contribution in [0.3, 0.4) is 0 Å². The van der Waals surface area contributed by atoms with E-state index in [2.05, 4.69) is 0 Å². The Bertz CT molecular complexity index is 547. The molecule has 1 aromatic rings. The first-order chi connectivity index (χ1) is 10.4. The summed E-state index contributed by atoms with van der Waals surface area (Å²) in [5.41, 5.74) is 0.890. The third-order valence-corrected chi connectivity index (χ3v) is 4.43. The van der Waals surface area contributed by atoms with Crippen LogP contribution in [0.4, 0.5) is 13.2 Å². The highest BCUT2D eigenvalue weighted by Gasteiger charge is 2.56. The summed E-state index contributed by atoms with van der Waals surface area (Å²) >= 11 is 0. The van der Waals surface area contributed by atoms with E-state index in [4.69, 9.17) is 0 Å². The molecule has 1 heterocycles. The van der Waals surface area contributed by atoms with Crippen LogP contribution in [0.5, 0.6) is 0 Å². The molecule has 0 N–H and O–H groups in total. The third-order valence-electron chi connectivity index (χ3n) is 4.43. The summed E-state index contributed by atoms with van der Waals surface area (Å²) < 4.78 is 38.5. The Hall–Kier alpha value is -1.56. The van der Waals surface area contributed by atoms with Gasteiger partial charge in [-0.1, -0.05) is 12.1 Å². The van der Waals surface area contributed by atoms with Crippen LogP contribution >= 0.6 is 0 Å². The zero-order valence-electron chi connectivity index (χ0n) is 12.3. The molecule has 6 heteroatoms. The van der Waals surface area contributed by atoms with Gasteiger partial charge in [0.1, 0.15) is 5.82 Å². The van der Waals surface area contributed by atoms with E-state index in [0.29, 0.717) is 32.6 Å². The second kappa shape index (κ2) is 5.91. The van der Waals surface area contributed by atoms with Crippen molar-refractivity contribution < 1.29 is 18.0 Å². The highest BCUT2D eigenvalue weighted by molar-refractivity contribution is 5.79. The lowest BCUT2D eigenvalue weighted by Gasteiger charge is -2.34. The molecule has 0 unspecified atom stereocenters. The maximum Gasteiger partial charge on any atom is 0.251 e. The molecule has 2 aliphatic rings. The molecule has 1 amide bonds. The molecular weight excluding hydrogens is 293 g/mol. The van der Waals surface area contributed by atoms with Gasteiger partial charge in [-0.15, -0.1) is 0 Å². The molecular formula is C16H19F3N2O. The van der Waals surface area contributed by atoms with Gasteiger partial charge in [0.2, 0.25) is 5.91 Å². The van der Waals surface area contributed by atoms with Crippen LogP contribution in [0.1, 0.15) is 18.4 Å². The molecule has 0 radical (unpaired) electrons. The Morgan fingerprint density at radius 2 is 1.86 bits per heavy atom. The maximum absolute atomic E-state index is 12.9. The van der Waals surface area contributed by atoms with Crippen LogP contribution in [0.15, 0.2) is 24.3 Å². The van der Waals surface area contributed by atoms with Crippen molar-refractivity contribution in [1.29, 1.82) is 0 Å². The van der Waals surface area contributed by atoms with Crippen LogP contribution in [-0.2, 0) is 11.3 Å². The van der Waals surface area contributed by atoms with Crippen molar-refractivity contribution >= 4 is 5.91 Å². The van der Waals surface area contributed by atoms with Gasteiger partial charge < -0.3 is 4.90 Å². The molecule has 1 atom stereocenters. The van der Waals surface area contributed by atoms with Crippen molar-refractivity contribution in [3.8, 4) is 0 Å². The summed E-state index contributed by atoms with van der Waals surface area (Å²) in [6.45, 7) is 2.58. The van der Waals surface area contributed by atoms with Gasteiger partial charge in [0, 0.05) is 32.0 Å². The number of carbonyl (C=O) groups excluding carboxylic acids is 1. The molecule has 0 spiro atoms. The predicted molar refractivity (Wildman–Crippen MR) is 75.9 cm³/mol. The molecule has 3 nitrogen and oxygen atoms in total. The number of rotatable bonds is 5. The van der Waals surface area contributed by atoms with Crippen LogP contribution < -0.4 is 0 Å². The Morgan fingerprint density at radius 3 is 2.45 bits per heavy atom. The number of hydrogen-bond donors (Lipinski definition) is 0. The van der Waals surface area contributed by atoms with Gasteiger partial charge in [-0.2, -0.15) is 0 Å². The van der Waals surface area contributed by atoms with Gasteiger partial charge in [-0.25, -0.2) is 13.2 Å². The Labute approximate surface area is 127 Å². The zero-order valence-corrected chi connectivity index (χ0v) is 12.3. The van der Waals surface area contributed by atoms with Crippen molar-refractivity contribution in [2.75, 3.05) is 26.2 Å². The SMILES string of the molecule is O=C1CN(CC[C@@H]2CC2(F)F)CCN1Cc1ccc(F)cc1. The molecule has 22 heavy (non-hydrogen) atoms. The molecule has 1 saturated heterocycles. The molecule has 0 aromatic heterocycles. The Kier molecular flexibility index (Phi) is 4.12. The number of hydrogen-bond acceptors (Lipinski definition) is 2. The van der Waals surface area contributed by atoms with Gasteiger partial charge in [-0.05, 0) is 30.7 Å². The first-order valence-electron chi connectivity index (χ1n) is 7.56. The Morgan fingerprint density at radius 1 is 1.18 bits per heavy atom. The summed E-state index contributed by atoms with van der Waals surface area (Å²) in [6, 6.07) is 6.10. The summed E-state index contributed by atoms with van der Waals surface area (Å²) in [7, 11) is 0. The summed E-state index contributed by atoms with van der Waals surface area (Å²) in [5.74, 6) is -3.27.